The number of rotatable bonds is 2. The molecular formula is C40H64O6. The maximum atomic E-state index is 12.8. The highest BCUT2D eigenvalue weighted by molar-refractivity contribution is 5.86. The zero-order valence-corrected chi connectivity index (χ0v) is 30.0. The van der Waals surface area contributed by atoms with Crippen molar-refractivity contribution < 1.29 is 30.0 Å². The zero-order chi connectivity index (χ0) is 34.4. The topological polar surface area (TPSA) is 115 Å². The lowest BCUT2D eigenvalue weighted by Gasteiger charge is -2.61. The second-order valence-corrected chi connectivity index (χ2v) is 18.2. The minimum Gasteiger partial charge on any atom is -0.392 e. The second kappa shape index (κ2) is 11.6. The van der Waals surface area contributed by atoms with Crippen LogP contribution in [-0.2, 0) is 9.59 Å². The van der Waals surface area contributed by atoms with Crippen LogP contribution in [0.2, 0.25) is 0 Å². The average molecular weight is 641 g/mol. The fourth-order valence-electron chi connectivity index (χ4n) is 12.7. The monoisotopic (exact) mass is 640 g/mol. The lowest BCUT2D eigenvalue weighted by atomic mass is 9.44. The van der Waals surface area contributed by atoms with Gasteiger partial charge in [-0.1, -0.05) is 67.5 Å². The van der Waals surface area contributed by atoms with Crippen LogP contribution < -0.4 is 0 Å². The van der Waals surface area contributed by atoms with E-state index in [1.54, 1.807) is 0 Å². The summed E-state index contributed by atoms with van der Waals surface area (Å²) in [6, 6.07) is 0. The van der Waals surface area contributed by atoms with Gasteiger partial charge in [0.2, 0.25) is 0 Å². The molecule has 0 aromatic rings. The Morgan fingerprint density at radius 1 is 0.609 bits per heavy atom. The van der Waals surface area contributed by atoms with E-state index in [1.807, 2.05) is 26.0 Å². The van der Waals surface area contributed by atoms with Gasteiger partial charge in [-0.05, 0) is 85.9 Å². The number of hydrogen-bond donors (Lipinski definition) is 4. The van der Waals surface area contributed by atoms with Crippen molar-refractivity contribution >= 4 is 11.6 Å². The van der Waals surface area contributed by atoms with Crippen molar-refractivity contribution in [2.45, 2.75) is 144 Å². The quantitative estimate of drug-likeness (QED) is 0.250. The number of ketones is 2. The third-order valence-corrected chi connectivity index (χ3v) is 16.7. The van der Waals surface area contributed by atoms with Gasteiger partial charge in [-0.3, -0.25) is 9.59 Å². The molecule has 6 aliphatic carbocycles. The Morgan fingerprint density at radius 2 is 0.935 bits per heavy atom. The minimum absolute atomic E-state index is 0.0428. The van der Waals surface area contributed by atoms with Crippen LogP contribution in [0, 0.1) is 68.0 Å². The Hall–Kier alpha value is -1.34. The molecule has 4 N–H and O–H groups in total. The Morgan fingerprint density at radius 3 is 1.24 bits per heavy atom. The summed E-state index contributed by atoms with van der Waals surface area (Å²) in [7, 11) is 0. The molecule has 6 fully saturated rings. The van der Waals surface area contributed by atoms with E-state index in [0.29, 0.717) is 49.1 Å². The van der Waals surface area contributed by atoms with E-state index in [1.165, 1.54) is 0 Å². The Balaban J connectivity index is 0.000000181. The van der Waals surface area contributed by atoms with Gasteiger partial charge in [0.1, 0.15) is 11.6 Å². The molecule has 260 valence electrons. The Kier molecular flexibility index (Phi) is 9.09. The highest BCUT2D eigenvalue weighted by Crippen LogP contribution is 2.69. The number of aliphatic hydroxyl groups excluding tert-OH is 4. The van der Waals surface area contributed by atoms with Crippen LogP contribution in [0.5, 0.6) is 0 Å². The number of hydrogen-bond acceptors (Lipinski definition) is 6. The summed E-state index contributed by atoms with van der Waals surface area (Å²) in [4.78, 5) is 25.7. The van der Waals surface area contributed by atoms with Crippen molar-refractivity contribution in [1.82, 2.24) is 0 Å². The molecule has 46 heavy (non-hydrogen) atoms. The number of carbonyl (C=O) groups excluding carboxylic acids is 2. The molecule has 6 aliphatic rings. The van der Waals surface area contributed by atoms with E-state index in [4.69, 9.17) is 0 Å². The van der Waals surface area contributed by atoms with Crippen LogP contribution in [0.15, 0.2) is 25.3 Å². The van der Waals surface area contributed by atoms with Crippen molar-refractivity contribution in [3.63, 3.8) is 0 Å². The predicted molar refractivity (Wildman–Crippen MR) is 182 cm³/mol. The van der Waals surface area contributed by atoms with Gasteiger partial charge in [-0.2, -0.15) is 0 Å². The predicted octanol–water partition coefficient (Wildman–Crippen LogP) is 6.68. The van der Waals surface area contributed by atoms with E-state index < -0.39 is 46.1 Å². The van der Waals surface area contributed by atoms with Gasteiger partial charge in [-0.15, -0.1) is 13.2 Å². The van der Waals surface area contributed by atoms with Gasteiger partial charge in [0, 0.05) is 46.3 Å². The summed E-state index contributed by atoms with van der Waals surface area (Å²) in [5.41, 5.74) is -2.15. The van der Waals surface area contributed by atoms with Gasteiger partial charge >= 0.3 is 0 Å². The molecule has 6 saturated carbocycles. The van der Waals surface area contributed by atoms with Crippen LogP contribution in [0.1, 0.15) is 120 Å². The highest BCUT2D eigenvalue weighted by atomic mass is 16.3. The molecule has 0 aromatic carbocycles. The normalized spacial score (nSPS) is 56.6. The number of aliphatic hydroxyl groups is 4. The Labute approximate surface area is 278 Å². The standard InChI is InChI=1S/2C20H32O3/c2*1-6-18(4)11-15(22)19(5)12(2)7-9-20(13(3)17(18)23)10-8-14(21)16(19)20/h2*6,12-13,15-17,22-23H,1,7-11H2,2-5H3/t2*12-,13+,15-,16?,17+,18-,19+,20?/m11/s1. The third-order valence-electron chi connectivity index (χ3n) is 16.7. The zero-order valence-electron chi connectivity index (χ0n) is 30.0. The molecule has 0 heterocycles. The van der Waals surface area contributed by atoms with E-state index in [-0.39, 0.29) is 34.5 Å². The number of Topliss-reactive ketones (excluding diaryl/α,β-unsaturated/α-hetero) is 2. The van der Waals surface area contributed by atoms with Crippen molar-refractivity contribution in [2.75, 3.05) is 0 Å². The van der Waals surface area contributed by atoms with E-state index >= 15 is 0 Å². The van der Waals surface area contributed by atoms with Crippen LogP contribution in [0.4, 0.5) is 0 Å². The SMILES string of the molecule is C=C[C@]1(C)C[C@@H](O)[C@@]2(C)C3C(=O)CCC3(CC[C@H]2C)[C@@H](C)[C@@H]1O.C=C[C@]1(C)C[C@@H](O)[C@@]2(C)C3C(=O)CCC3(CC[C@H]2C)[C@@H](C)[C@@H]1O. The maximum absolute atomic E-state index is 12.8. The first-order valence-corrected chi connectivity index (χ1v) is 18.3. The first-order valence-electron chi connectivity index (χ1n) is 18.3. The molecule has 16 atom stereocenters. The van der Waals surface area contributed by atoms with E-state index in [2.05, 4.69) is 54.7 Å². The fourth-order valence-corrected chi connectivity index (χ4v) is 12.7. The molecule has 0 aromatic heterocycles. The molecular weight excluding hydrogens is 576 g/mol. The first-order chi connectivity index (χ1) is 21.3. The lowest BCUT2D eigenvalue weighted by molar-refractivity contribution is -0.191. The molecule has 4 bridgehead atoms. The molecule has 4 unspecified atom stereocenters. The summed E-state index contributed by atoms with van der Waals surface area (Å²) in [5, 5.41) is 44.6. The number of carbonyl (C=O) groups is 2. The van der Waals surface area contributed by atoms with Gasteiger partial charge in [0.25, 0.3) is 0 Å². The van der Waals surface area contributed by atoms with Gasteiger partial charge in [-0.25, -0.2) is 0 Å². The largest absolute Gasteiger partial charge is 0.392 e. The molecule has 0 aliphatic heterocycles. The lowest BCUT2D eigenvalue weighted by Crippen LogP contribution is -2.62. The average Bonchev–Trinajstić information content (AvgIpc) is 3.57. The first kappa shape index (κ1) is 36.0. The van der Waals surface area contributed by atoms with Crippen LogP contribution in [0.3, 0.4) is 0 Å². The summed E-state index contributed by atoms with van der Waals surface area (Å²) in [6.45, 7) is 24.7. The third kappa shape index (κ3) is 4.62. The van der Waals surface area contributed by atoms with Gasteiger partial charge in [0.05, 0.1) is 24.4 Å². The Bertz CT molecular complexity index is 1150. The minimum atomic E-state index is -0.589. The van der Waals surface area contributed by atoms with Crippen LogP contribution >= 0.6 is 0 Å². The maximum Gasteiger partial charge on any atom is 0.137 e. The summed E-state index contributed by atoms with van der Waals surface area (Å²) >= 11 is 0. The summed E-state index contributed by atoms with van der Waals surface area (Å²) in [6.07, 6.45) is 9.20. The molecule has 0 radical (unpaired) electrons. The van der Waals surface area contributed by atoms with E-state index in [0.717, 1.165) is 38.5 Å². The highest BCUT2D eigenvalue weighted by Gasteiger charge is 2.68. The van der Waals surface area contributed by atoms with E-state index in [9.17, 15) is 30.0 Å². The molecule has 0 spiro atoms. The van der Waals surface area contributed by atoms with Gasteiger partial charge < -0.3 is 20.4 Å². The molecule has 6 nitrogen and oxygen atoms in total. The van der Waals surface area contributed by atoms with Gasteiger partial charge in [0.15, 0.2) is 0 Å². The van der Waals surface area contributed by atoms with Crippen LogP contribution in [-0.4, -0.2) is 56.4 Å². The summed E-state index contributed by atoms with van der Waals surface area (Å²) < 4.78 is 0. The molecule has 6 heteroatoms. The smallest absolute Gasteiger partial charge is 0.137 e. The second-order valence-electron chi connectivity index (χ2n) is 18.2. The van der Waals surface area contributed by atoms with Crippen molar-refractivity contribution in [2.24, 2.45) is 68.0 Å². The van der Waals surface area contributed by atoms with Crippen molar-refractivity contribution in [3.8, 4) is 0 Å². The van der Waals surface area contributed by atoms with Crippen molar-refractivity contribution in [1.29, 1.82) is 0 Å². The fraction of sp³-hybridized carbons (Fsp3) is 0.850. The molecule has 0 amide bonds. The van der Waals surface area contributed by atoms with Crippen LogP contribution in [0.25, 0.3) is 0 Å². The summed E-state index contributed by atoms with van der Waals surface area (Å²) in [5.74, 6) is 1.09. The van der Waals surface area contributed by atoms with Crippen molar-refractivity contribution in [3.05, 3.63) is 25.3 Å². The molecule has 6 rings (SSSR count). The molecule has 0 saturated heterocycles.